The van der Waals surface area contributed by atoms with Crippen molar-refractivity contribution in [1.29, 1.82) is 0 Å². The number of hydrogen-bond acceptors (Lipinski definition) is 4. The van der Waals surface area contributed by atoms with Crippen LogP contribution in [-0.4, -0.2) is 27.0 Å². The molecule has 6 heteroatoms. The third-order valence-corrected chi connectivity index (χ3v) is 4.18. The third kappa shape index (κ3) is 3.11. The predicted molar refractivity (Wildman–Crippen MR) is 83.2 cm³/mol. The summed E-state index contributed by atoms with van der Waals surface area (Å²) in [6, 6.07) is 7.75. The van der Waals surface area contributed by atoms with E-state index >= 15 is 0 Å². The van der Waals surface area contributed by atoms with Crippen molar-refractivity contribution in [1.82, 2.24) is 19.9 Å². The predicted octanol–water partition coefficient (Wildman–Crippen LogP) is 1.93. The molecule has 108 valence electrons. The van der Waals surface area contributed by atoms with Crippen LogP contribution >= 0.6 is 11.3 Å². The number of thiophene rings is 1. The minimum atomic E-state index is 0.0503. The number of nitrogens with one attached hydrogen (secondary N) is 1. The Bertz CT molecular complexity index is 748. The highest BCUT2D eigenvalue weighted by molar-refractivity contribution is 7.10. The smallest absolute Gasteiger partial charge is 0.225 e. The molecule has 0 atom stereocenters. The van der Waals surface area contributed by atoms with Crippen molar-refractivity contribution in [2.75, 3.05) is 6.54 Å². The van der Waals surface area contributed by atoms with Crippen LogP contribution in [0.2, 0.25) is 0 Å². The highest BCUT2D eigenvalue weighted by Gasteiger charge is 2.09. The Balaban J connectivity index is 1.57. The molecule has 3 rings (SSSR count). The quantitative estimate of drug-likeness (QED) is 0.783. The fourth-order valence-electron chi connectivity index (χ4n) is 2.24. The van der Waals surface area contributed by atoms with Crippen molar-refractivity contribution in [2.24, 2.45) is 7.05 Å². The summed E-state index contributed by atoms with van der Waals surface area (Å²) in [6.07, 6.45) is 2.90. The fourth-order valence-corrected chi connectivity index (χ4v) is 2.95. The van der Waals surface area contributed by atoms with Crippen molar-refractivity contribution in [3.05, 3.63) is 46.5 Å². The number of nitrogens with zero attached hydrogens (tertiary/aromatic N) is 3. The maximum absolute atomic E-state index is 11.8. The number of carbonyl (C=O) groups excluding carboxylic acids is 1. The molecule has 1 N–H and O–H groups in total. The van der Waals surface area contributed by atoms with Crippen LogP contribution in [0.25, 0.3) is 11.2 Å². The van der Waals surface area contributed by atoms with Gasteiger partial charge in [0.25, 0.3) is 0 Å². The van der Waals surface area contributed by atoms with E-state index in [1.807, 2.05) is 41.3 Å². The molecule has 3 aromatic heterocycles. The van der Waals surface area contributed by atoms with Crippen molar-refractivity contribution < 1.29 is 4.79 Å². The molecule has 0 aliphatic carbocycles. The second-order valence-electron chi connectivity index (χ2n) is 4.79. The molecule has 0 saturated carbocycles. The average molecular weight is 300 g/mol. The standard InChI is InChI=1S/C15H16N4OS/c1-19-13(18-12-5-2-7-17-15(12)19)6-8-16-14(20)10-11-4-3-9-21-11/h2-5,7,9H,6,8,10H2,1H3,(H,16,20). The maximum atomic E-state index is 11.8. The molecule has 3 aromatic rings. The van der Waals surface area contributed by atoms with Crippen molar-refractivity contribution >= 4 is 28.4 Å². The Morgan fingerprint density at radius 3 is 3.05 bits per heavy atom. The number of pyridine rings is 1. The average Bonchev–Trinajstić information content (AvgIpc) is 3.09. The van der Waals surface area contributed by atoms with E-state index < -0.39 is 0 Å². The number of hydrogen-bond donors (Lipinski definition) is 1. The number of aryl methyl sites for hydroxylation is 1. The third-order valence-electron chi connectivity index (χ3n) is 3.31. The zero-order valence-electron chi connectivity index (χ0n) is 11.7. The molecule has 0 bridgehead atoms. The minimum Gasteiger partial charge on any atom is -0.355 e. The lowest BCUT2D eigenvalue weighted by Gasteiger charge is -2.04. The molecule has 1 amide bonds. The second-order valence-corrected chi connectivity index (χ2v) is 5.82. The van der Waals surface area contributed by atoms with Gasteiger partial charge in [-0.25, -0.2) is 9.97 Å². The van der Waals surface area contributed by atoms with Gasteiger partial charge in [0.15, 0.2) is 5.65 Å². The van der Waals surface area contributed by atoms with Gasteiger partial charge >= 0.3 is 0 Å². The molecule has 0 saturated heterocycles. The van der Waals surface area contributed by atoms with Crippen LogP contribution in [0.1, 0.15) is 10.7 Å². The summed E-state index contributed by atoms with van der Waals surface area (Å²) in [5.74, 6) is 0.981. The summed E-state index contributed by atoms with van der Waals surface area (Å²) < 4.78 is 1.97. The zero-order chi connectivity index (χ0) is 14.7. The van der Waals surface area contributed by atoms with Gasteiger partial charge in [-0.15, -0.1) is 11.3 Å². The molecule has 0 aromatic carbocycles. The topological polar surface area (TPSA) is 59.8 Å². The van der Waals surface area contributed by atoms with Gasteiger partial charge in [0.2, 0.25) is 5.91 Å². The lowest BCUT2D eigenvalue weighted by Crippen LogP contribution is -2.27. The molecule has 0 fully saturated rings. The molecular formula is C15H16N4OS. The highest BCUT2D eigenvalue weighted by Crippen LogP contribution is 2.12. The zero-order valence-corrected chi connectivity index (χ0v) is 12.6. The summed E-state index contributed by atoms with van der Waals surface area (Å²) in [5, 5.41) is 4.92. The fraction of sp³-hybridized carbons (Fsp3) is 0.267. The van der Waals surface area contributed by atoms with Crippen LogP contribution in [0.4, 0.5) is 0 Å². The molecule has 0 radical (unpaired) electrons. The molecule has 0 spiro atoms. The normalized spacial score (nSPS) is 10.9. The monoisotopic (exact) mass is 300 g/mol. The molecule has 0 unspecified atom stereocenters. The van der Waals surface area contributed by atoms with Crippen molar-refractivity contribution in [3.8, 4) is 0 Å². The van der Waals surface area contributed by atoms with E-state index in [2.05, 4.69) is 15.3 Å². The lowest BCUT2D eigenvalue weighted by molar-refractivity contribution is -0.120. The van der Waals surface area contributed by atoms with Crippen molar-refractivity contribution in [3.63, 3.8) is 0 Å². The van der Waals surface area contributed by atoms with Crippen LogP contribution in [0.3, 0.4) is 0 Å². The van der Waals surface area contributed by atoms with Gasteiger partial charge in [-0.2, -0.15) is 0 Å². The van der Waals surface area contributed by atoms with E-state index in [1.165, 1.54) is 0 Å². The molecule has 3 heterocycles. The number of fused-ring (bicyclic) bond motifs is 1. The number of rotatable bonds is 5. The van der Waals surface area contributed by atoms with E-state index in [9.17, 15) is 4.79 Å². The molecular weight excluding hydrogens is 284 g/mol. The molecule has 0 aliphatic heterocycles. The first kappa shape index (κ1) is 13.8. The maximum Gasteiger partial charge on any atom is 0.225 e. The Kier molecular flexibility index (Phi) is 3.96. The van der Waals surface area contributed by atoms with Crippen LogP contribution < -0.4 is 5.32 Å². The number of aromatic nitrogens is 3. The first-order chi connectivity index (χ1) is 10.2. The number of amides is 1. The van der Waals surface area contributed by atoms with E-state index in [0.29, 0.717) is 19.4 Å². The molecule has 0 aliphatic rings. The van der Waals surface area contributed by atoms with Crippen LogP contribution in [-0.2, 0) is 24.7 Å². The van der Waals surface area contributed by atoms with Gasteiger partial charge in [0.1, 0.15) is 11.3 Å². The van der Waals surface area contributed by atoms with Crippen LogP contribution in [0, 0.1) is 0 Å². The van der Waals surface area contributed by atoms with E-state index in [1.54, 1.807) is 17.5 Å². The number of carbonyl (C=O) groups is 1. The number of imidazole rings is 1. The lowest BCUT2D eigenvalue weighted by atomic mass is 10.3. The minimum absolute atomic E-state index is 0.0503. The SMILES string of the molecule is Cn1c(CCNC(=O)Cc2cccs2)nc2cccnc21. The van der Waals surface area contributed by atoms with Gasteiger partial charge in [0, 0.05) is 31.1 Å². The Morgan fingerprint density at radius 2 is 2.29 bits per heavy atom. The summed E-state index contributed by atoms with van der Waals surface area (Å²) in [4.78, 5) is 21.7. The summed E-state index contributed by atoms with van der Waals surface area (Å²) >= 11 is 1.60. The van der Waals surface area contributed by atoms with E-state index in [-0.39, 0.29) is 5.91 Å². The molecule has 21 heavy (non-hydrogen) atoms. The Labute approximate surface area is 126 Å². The first-order valence-corrected chi connectivity index (χ1v) is 7.67. The largest absolute Gasteiger partial charge is 0.355 e. The van der Waals surface area contributed by atoms with Crippen LogP contribution in [0.5, 0.6) is 0 Å². The van der Waals surface area contributed by atoms with Gasteiger partial charge in [0.05, 0.1) is 6.42 Å². The van der Waals surface area contributed by atoms with Gasteiger partial charge in [-0.3, -0.25) is 4.79 Å². The summed E-state index contributed by atoms with van der Waals surface area (Å²) in [5.41, 5.74) is 1.76. The highest BCUT2D eigenvalue weighted by atomic mass is 32.1. The van der Waals surface area contributed by atoms with Crippen LogP contribution in [0.15, 0.2) is 35.8 Å². The second kappa shape index (κ2) is 6.05. The molecule has 5 nitrogen and oxygen atoms in total. The summed E-state index contributed by atoms with van der Waals surface area (Å²) in [6.45, 7) is 0.585. The Morgan fingerprint density at radius 1 is 1.38 bits per heavy atom. The van der Waals surface area contributed by atoms with Gasteiger partial charge in [-0.05, 0) is 23.6 Å². The summed E-state index contributed by atoms with van der Waals surface area (Å²) in [7, 11) is 1.95. The van der Waals surface area contributed by atoms with Crippen molar-refractivity contribution in [2.45, 2.75) is 12.8 Å². The van der Waals surface area contributed by atoms with Gasteiger partial charge in [-0.1, -0.05) is 6.07 Å². The van der Waals surface area contributed by atoms with Gasteiger partial charge < -0.3 is 9.88 Å². The van der Waals surface area contributed by atoms with E-state index in [0.717, 1.165) is 21.9 Å². The first-order valence-electron chi connectivity index (χ1n) is 6.79. The van der Waals surface area contributed by atoms with E-state index in [4.69, 9.17) is 0 Å². The Hall–Kier alpha value is -2.21.